The zero-order valence-corrected chi connectivity index (χ0v) is 15.9. The van der Waals surface area contributed by atoms with Gasteiger partial charge >= 0.3 is 0 Å². The van der Waals surface area contributed by atoms with Crippen molar-refractivity contribution < 1.29 is 0 Å². The molecule has 0 aliphatic rings. The summed E-state index contributed by atoms with van der Waals surface area (Å²) in [5, 5.41) is 6.93. The molecule has 0 saturated heterocycles. The first-order valence-electron chi connectivity index (χ1n) is 9.32. The maximum atomic E-state index is 3.62. The summed E-state index contributed by atoms with van der Waals surface area (Å²) in [6, 6.07) is 28.8. The van der Waals surface area contributed by atoms with Gasteiger partial charge in [0.1, 0.15) is 0 Å². The van der Waals surface area contributed by atoms with E-state index in [0.29, 0.717) is 12.1 Å². The third-order valence-corrected chi connectivity index (χ3v) is 4.99. The van der Waals surface area contributed by atoms with Gasteiger partial charge in [-0.2, -0.15) is 0 Å². The maximum absolute atomic E-state index is 3.62. The SMILES string of the molecule is CN[C@H](C)c1cccc(-c2cccc([C@H](C)NCc3ccccc3)c2)c1. The van der Waals surface area contributed by atoms with Crippen molar-refractivity contribution >= 4 is 0 Å². The average Bonchev–Trinajstić information content (AvgIpc) is 2.72. The lowest BCUT2D eigenvalue weighted by atomic mass is 9.97. The molecular formula is C24H28N2. The van der Waals surface area contributed by atoms with Crippen molar-refractivity contribution in [1.82, 2.24) is 10.6 Å². The standard InChI is InChI=1S/C24H28N2/c1-18(25-3)21-11-7-13-23(15-21)24-14-8-12-22(16-24)19(2)26-17-20-9-5-4-6-10-20/h4-16,18-19,25-26H,17H2,1-3H3/t18-,19+/m1/s1. The first kappa shape index (κ1) is 18.4. The molecule has 134 valence electrons. The monoisotopic (exact) mass is 344 g/mol. The van der Waals surface area contributed by atoms with Crippen LogP contribution >= 0.6 is 0 Å². The molecule has 2 heteroatoms. The minimum Gasteiger partial charge on any atom is -0.313 e. The Hall–Kier alpha value is -2.42. The molecule has 3 rings (SSSR count). The number of rotatable bonds is 7. The molecule has 0 heterocycles. The van der Waals surface area contributed by atoms with Crippen LogP contribution < -0.4 is 10.6 Å². The van der Waals surface area contributed by atoms with E-state index in [2.05, 4.69) is 103 Å². The van der Waals surface area contributed by atoms with Crippen molar-refractivity contribution in [3.8, 4) is 11.1 Å². The van der Waals surface area contributed by atoms with Gasteiger partial charge in [-0.15, -0.1) is 0 Å². The van der Waals surface area contributed by atoms with Crippen LogP contribution in [0.4, 0.5) is 0 Å². The minimum atomic E-state index is 0.301. The Kier molecular flexibility index (Phi) is 6.21. The largest absolute Gasteiger partial charge is 0.313 e. The third-order valence-electron chi connectivity index (χ3n) is 4.99. The lowest BCUT2D eigenvalue weighted by Gasteiger charge is -2.16. The highest BCUT2D eigenvalue weighted by molar-refractivity contribution is 5.65. The summed E-state index contributed by atoms with van der Waals surface area (Å²) in [4.78, 5) is 0. The predicted octanol–water partition coefficient (Wildman–Crippen LogP) is 5.48. The van der Waals surface area contributed by atoms with Crippen molar-refractivity contribution in [1.29, 1.82) is 0 Å². The fourth-order valence-corrected chi connectivity index (χ4v) is 3.13. The Bertz CT molecular complexity index is 826. The third kappa shape index (κ3) is 4.60. The van der Waals surface area contributed by atoms with E-state index in [1.807, 2.05) is 7.05 Å². The van der Waals surface area contributed by atoms with Crippen LogP contribution in [-0.2, 0) is 6.54 Å². The highest BCUT2D eigenvalue weighted by Gasteiger charge is 2.08. The lowest BCUT2D eigenvalue weighted by Crippen LogP contribution is -2.18. The first-order chi connectivity index (χ1) is 12.7. The zero-order chi connectivity index (χ0) is 18.4. The van der Waals surface area contributed by atoms with Gasteiger partial charge in [0, 0.05) is 18.6 Å². The Morgan fingerprint density at radius 1 is 0.692 bits per heavy atom. The summed E-state index contributed by atoms with van der Waals surface area (Å²) in [5.41, 5.74) is 6.46. The van der Waals surface area contributed by atoms with E-state index in [-0.39, 0.29) is 0 Å². The van der Waals surface area contributed by atoms with Crippen LogP contribution in [0.1, 0.15) is 42.6 Å². The molecule has 0 fully saturated rings. The van der Waals surface area contributed by atoms with Gasteiger partial charge < -0.3 is 10.6 Å². The first-order valence-corrected chi connectivity index (χ1v) is 9.32. The van der Waals surface area contributed by atoms with Crippen molar-refractivity contribution in [3.63, 3.8) is 0 Å². The molecule has 0 unspecified atom stereocenters. The van der Waals surface area contributed by atoms with Gasteiger partial charge in [0.2, 0.25) is 0 Å². The number of nitrogens with one attached hydrogen (secondary N) is 2. The van der Waals surface area contributed by atoms with E-state index >= 15 is 0 Å². The van der Waals surface area contributed by atoms with Crippen molar-refractivity contribution in [2.45, 2.75) is 32.5 Å². The fourth-order valence-electron chi connectivity index (χ4n) is 3.13. The van der Waals surface area contributed by atoms with Crippen LogP contribution in [0.2, 0.25) is 0 Å². The number of benzene rings is 3. The minimum absolute atomic E-state index is 0.301. The topological polar surface area (TPSA) is 24.1 Å². The molecule has 0 spiro atoms. The quantitative estimate of drug-likeness (QED) is 0.592. The van der Waals surface area contributed by atoms with Crippen LogP contribution in [0.3, 0.4) is 0 Å². The summed E-state index contributed by atoms with van der Waals surface area (Å²) >= 11 is 0. The second-order valence-electron chi connectivity index (χ2n) is 6.85. The molecule has 0 aromatic heterocycles. The highest BCUT2D eigenvalue weighted by atomic mass is 14.9. The Balaban J connectivity index is 1.75. The van der Waals surface area contributed by atoms with Crippen LogP contribution in [0, 0.1) is 0 Å². The van der Waals surface area contributed by atoms with Gasteiger partial charge in [-0.05, 0) is 60.8 Å². The van der Waals surface area contributed by atoms with Crippen molar-refractivity contribution in [2.24, 2.45) is 0 Å². The molecule has 0 aliphatic heterocycles. The molecule has 2 N–H and O–H groups in total. The van der Waals surface area contributed by atoms with Crippen LogP contribution in [0.25, 0.3) is 11.1 Å². The van der Waals surface area contributed by atoms with E-state index in [1.54, 1.807) is 0 Å². The second kappa shape index (κ2) is 8.79. The molecule has 0 radical (unpaired) electrons. The summed E-state index contributed by atoms with van der Waals surface area (Å²) < 4.78 is 0. The smallest absolute Gasteiger partial charge is 0.0295 e. The Morgan fingerprint density at radius 2 is 1.27 bits per heavy atom. The maximum Gasteiger partial charge on any atom is 0.0295 e. The number of hydrogen-bond donors (Lipinski definition) is 2. The summed E-state index contributed by atoms with van der Waals surface area (Å²) in [6.07, 6.45) is 0. The molecular weight excluding hydrogens is 316 g/mol. The summed E-state index contributed by atoms with van der Waals surface area (Å²) in [7, 11) is 2.00. The number of hydrogen-bond acceptors (Lipinski definition) is 2. The van der Waals surface area contributed by atoms with Gasteiger partial charge in [-0.25, -0.2) is 0 Å². The van der Waals surface area contributed by atoms with Gasteiger partial charge in [0.15, 0.2) is 0 Å². The second-order valence-corrected chi connectivity index (χ2v) is 6.85. The summed E-state index contributed by atoms with van der Waals surface area (Å²) in [5.74, 6) is 0. The predicted molar refractivity (Wildman–Crippen MR) is 111 cm³/mol. The molecule has 0 bridgehead atoms. The van der Waals surface area contributed by atoms with Gasteiger partial charge in [0.25, 0.3) is 0 Å². The molecule has 2 atom stereocenters. The molecule has 0 amide bonds. The Morgan fingerprint density at radius 3 is 1.85 bits per heavy atom. The van der Waals surface area contributed by atoms with Crippen LogP contribution in [0.5, 0.6) is 0 Å². The molecule has 3 aromatic carbocycles. The van der Waals surface area contributed by atoms with E-state index in [1.165, 1.54) is 27.8 Å². The molecule has 2 nitrogen and oxygen atoms in total. The van der Waals surface area contributed by atoms with E-state index in [9.17, 15) is 0 Å². The van der Waals surface area contributed by atoms with E-state index in [4.69, 9.17) is 0 Å². The van der Waals surface area contributed by atoms with Gasteiger partial charge in [0.05, 0.1) is 0 Å². The average molecular weight is 345 g/mol. The fraction of sp³-hybridized carbons (Fsp3) is 0.250. The lowest BCUT2D eigenvalue weighted by molar-refractivity contribution is 0.575. The molecule has 0 aliphatic carbocycles. The molecule has 3 aromatic rings. The van der Waals surface area contributed by atoms with Crippen molar-refractivity contribution in [3.05, 3.63) is 95.6 Å². The van der Waals surface area contributed by atoms with E-state index < -0.39 is 0 Å². The van der Waals surface area contributed by atoms with Crippen molar-refractivity contribution in [2.75, 3.05) is 7.05 Å². The highest BCUT2D eigenvalue weighted by Crippen LogP contribution is 2.26. The Labute approximate surface area is 157 Å². The van der Waals surface area contributed by atoms with Gasteiger partial charge in [-0.1, -0.05) is 66.7 Å². The summed E-state index contributed by atoms with van der Waals surface area (Å²) in [6.45, 7) is 5.29. The van der Waals surface area contributed by atoms with Gasteiger partial charge in [-0.3, -0.25) is 0 Å². The molecule has 0 saturated carbocycles. The van der Waals surface area contributed by atoms with E-state index in [0.717, 1.165) is 6.54 Å². The van der Waals surface area contributed by atoms with Crippen LogP contribution in [0.15, 0.2) is 78.9 Å². The van der Waals surface area contributed by atoms with Crippen LogP contribution in [-0.4, -0.2) is 7.05 Å². The zero-order valence-electron chi connectivity index (χ0n) is 15.9. The normalized spacial score (nSPS) is 13.3. The molecule has 26 heavy (non-hydrogen) atoms.